The number of carbonyl (C=O) groups is 2. The van der Waals surface area contributed by atoms with Gasteiger partial charge in [0.1, 0.15) is 5.82 Å². The SMILES string of the molecule is C[C@@H]1[C@@H](C)CCC[C@H]1NC(=O)COC(=O)c1ccc(F)cc1Cl. The molecule has 1 fully saturated rings. The average molecular weight is 342 g/mol. The second kappa shape index (κ2) is 7.77. The molecule has 1 N–H and O–H groups in total. The number of benzene rings is 1. The Morgan fingerprint density at radius 2 is 2.09 bits per heavy atom. The number of halogens is 2. The first kappa shape index (κ1) is 17.7. The molecule has 2 rings (SSSR count). The van der Waals surface area contributed by atoms with Crippen molar-refractivity contribution in [3.8, 4) is 0 Å². The lowest BCUT2D eigenvalue weighted by Gasteiger charge is -2.34. The van der Waals surface area contributed by atoms with Crippen LogP contribution in [0, 0.1) is 17.7 Å². The van der Waals surface area contributed by atoms with Crippen LogP contribution in [0.15, 0.2) is 18.2 Å². The quantitative estimate of drug-likeness (QED) is 0.852. The van der Waals surface area contributed by atoms with Gasteiger partial charge in [-0.15, -0.1) is 0 Å². The van der Waals surface area contributed by atoms with Crippen molar-refractivity contribution >= 4 is 23.5 Å². The summed E-state index contributed by atoms with van der Waals surface area (Å²) >= 11 is 5.79. The van der Waals surface area contributed by atoms with Crippen molar-refractivity contribution in [3.63, 3.8) is 0 Å². The van der Waals surface area contributed by atoms with E-state index in [-0.39, 0.29) is 29.1 Å². The van der Waals surface area contributed by atoms with E-state index in [0.29, 0.717) is 11.8 Å². The Morgan fingerprint density at radius 1 is 1.35 bits per heavy atom. The molecule has 1 aliphatic rings. The average Bonchev–Trinajstić information content (AvgIpc) is 2.49. The maximum Gasteiger partial charge on any atom is 0.340 e. The van der Waals surface area contributed by atoms with Crippen LogP contribution in [0.5, 0.6) is 0 Å². The lowest BCUT2D eigenvalue weighted by atomic mass is 9.78. The smallest absolute Gasteiger partial charge is 0.340 e. The zero-order chi connectivity index (χ0) is 17.0. The number of hydrogen-bond acceptors (Lipinski definition) is 3. The van der Waals surface area contributed by atoms with Crippen LogP contribution in [0.3, 0.4) is 0 Å². The van der Waals surface area contributed by atoms with E-state index in [2.05, 4.69) is 19.2 Å². The van der Waals surface area contributed by atoms with Gasteiger partial charge in [-0.1, -0.05) is 38.3 Å². The van der Waals surface area contributed by atoms with Gasteiger partial charge in [-0.2, -0.15) is 0 Å². The van der Waals surface area contributed by atoms with Crippen molar-refractivity contribution in [1.29, 1.82) is 0 Å². The summed E-state index contributed by atoms with van der Waals surface area (Å²) in [5, 5.41) is 2.88. The molecule has 0 radical (unpaired) electrons. The lowest BCUT2D eigenvalue weighted by Crippen LogP contribution is -2.45. The monoisotopic (exact) mass is 341 g/mol. The summed E-state index contributed by atoms with van der Waals surface area (Å²) in [7, 11) is 0. The molecular formula is C17H21ClFNO3. The molecule has 0 bridgehead atoms. The number of hydrogen-bond donors (Lipinski definition) is 1. The molecule has 4 nitrogen and oxygen atoms in total. The van der Waals surface area contributed by atoms with Crippen LogP contribution in [-0.4, -0.2) is 24.5 Å². The summed E-state index contributed by atoms with van der Waals surface area (Å²) < 4.78 is 17.9. The number of nitrogens with one attached hydrogen (secondary N) is 1. The summed E-state index contributed by atoms with van der Waals surface area (Å²) in [5.74, 6) is -0.646. The molecule has 0 saturated heterocycles. The molecule has 0 aliphatic heterocycles. The summed E-state index contributed by atoms with van der Waals surface area (Å²) in [6, 6.07) is 3.50. The van der Waals surface area contributed by atoms with Crippen LogP contribution in [0.2, 0.25) is 5.02 Å². The predicted octanol–water partition coefficient (Wildman–Crippen LogP) is 3.58. The van der Waals surface area contributed by atoms with Gasteiger partial charge in [0.05, 0.1) is 10.6 Å². The van der Waals surface area contributed by atoms with E-state index in [1.807, 2.05) is 0 Å². The standard InChI is InChI=1S/C17H21ClFNO3/c1-10-4-3-5-15(11(10)2)20-16(21)9-23-17(22)13-7-6-12(19)8-14(13)18/h6-8,10-11,15H,3-5,9H2,1-2H3,(H,20,21)/t10-,11+,15+/m0/s1. The molecule has 0 spiro atoms. The fraction of sp³-hybridized carbons (Fsp3) is 0.529. The predicted molar refractivity (Wildman–Crippen MR) is 85.8 cm³/mol. The lowest BCUT2D eigenvalue weighted by molar-refractivity contribution is -0.125. The molecule has 0 unspecified atom stereocenters. The molecule has 6 heteroatoms. The van der Waals surface area contributed by atoms with Gasteiger partial charge < -0.3 is 10.1 Å². The van der Waals surface area contributed by atoms with Gasteiger partial charge in [0.25, 0.3) is 5.91 Å². The van der Waals surface area contributed by atoms with Crippen LogP contribution >= 0.6 is 11.6 Å². The van der Waals surface area contributed by atoms with Gasteiger partial charge in [-0.3, -0.25) is 4.79 Å². The third-order valence-electron chi connectivity index (χ3n) is 4.54. The Morgan fingerprint density at radius 3 is 2.78 bits per heavy atom. The van der Waals surface area contributed by atoms with Gasteiger partial charge in [-0.25, -0.2) is 9.18 Å². The van der Waals surface area contributed by atoms with Gasteiger partial charge >= 0.3 is 5.97 Å². The first-order chi connectivity index (χ1) is 10.9. The first-order valence-electron chi connectivity index (χ1n) is 7.80. The minimum atomic E-state index is -0.741. The Hall–Kier alpha value is -1.62. The Bertz CT molecular complexity index is 593. The van der Waals surface area contributed by atoms with E-state index in [1.54, 1.807) is 0 Å². The van der Waals surface area contributed by atoms with Crippen molar-refractivity contribution in [2.24, 2.45) is 11.8 Å². The second-order valence-corrected chi connectivity index (χ2v) is 6.55. The van der Waals surface area contributed by atoms with Crippen molar-refractivity contribution in [1.82, 2.24) is 5.32 Å². The van der Waals surface area contributed by atoms with E-state index < -0.39 is 11.8 Å². The van der Waals surface area contributed by atoms with Gasteiger partial charge in [0.15, 0.2) is 6.61 Å². The van der Waals surface area contributed by atoms with Gasteiger partial charge in [0, 0.05) is 6.04 Å². The van der Waals surface area contributed by atoms with Crippen LogP contribution in [0.25, 0.3) is 0 Å². The topological polar surface area (TPSA) is 55.4 Å². The summed E-state index contributed by atoms with van der Waals surface area (Å²) in [5.41, 5.74) is 0.0422. The molecule has 0 heterocycles. The maximum absolute atomic E-state index is 13.0. The molecular weight excluding hydrogens is 321 g/mol. The Kier molecular flexibility index (Phi) is 5.99. The Labute approximate surface area is 140 Å². The van der Waals surface area contributed by atoms with E-state index in [1.165, 1.54) is 12.5 Å². The van der Waals surface area contributed by atoms with Crippen LogP contribution in [-0.2, 0) is 9.53 Å². The second-order valence-electron chi connectivity index (χ2n) is 6.14. The number of esters is 1. The van der Waals surface area contributed by atoms with E-state index >= 15 is 0 Å². The fourth-order valence-electron chi connectivity index (χ4n) is 2.90. The van der Waals surface area contributed by atoms with Gasteiger partial charge in [0.2, 0.25) is 0 Å². The maximum atomic E-state index is 13.0. The molecule has 126 valence electrons. The van der Waals surface area contributed by atoms with Crippen molar-refractivity contribution in [3.05, 3.63) is 34.6 Å². The largest absolute Gasteiger partial charge is 0.452 e. The third-order valence-corrected chi connectivity index (χ3v) is 4.85. The zero-order valence-electron chi connectivity index (χ0n) is 13.3. The fourth-order valence-corrected chi connectivity index (χ4v) is 3.14. The number of ether oxygens (including phenoxy) is 1. The number of rotatable bonds is 4. The van der Waals surface area contributed by atoms with E-state index in [9.17, 15) is 14.0 Å². The van der Waals surface area contributed by atoms with Crippen LogP contribution in [0.1, 0.15) is 43.5 Å². The molecule has 1 aromatic carbocycles. The van der Waals surface area contributed by atoms with Crippen molar-refractivity contribution < 1.29 is 18.7 Å². The van der Waals surface area contributed by atoms with Crippen molar-refractivity contribution in [2.75, 3.05) is 6.61 Å². The minimum absolute atomic E-state index is 0.0369. The minimum Gasteiger partial charge on any atom is -0.452 e. The molecule has 0 aromatic heterocycles. The van der Waals surface area contributed by atoms with Crippen molar-refractivity contribution in [2.45, 2.75) is 39.2 Å². The normalized spacial score (nSPS) is 24.1. The van der Waals surface area contributed by atoms with Gasteiger partial charge in [-0.05, 0) is 36.5 Å². The number of amides is 1. The highest BCUT2D eigenvalue weighted by Gasteiger charge is 2.28. The molecule has 1 amide bonds. The molecule has 1 aromatic rings. The van der Waals surface area contributed by atoms with E-state index in [0.717, 1.165) is 25.0 Å². The summed E-state index contributed by atoms with van der Waals surface area (Å²) in [4.78, 5) is 23.8. The van der Waals surface area contributed by atoms with Crippen LogP contribution in [0.4, 0.5) is 4.39 Å². The first-order valence-corrected chi connectivity index (χ1v) is 8.18. The van der Waals surface area contributed by atoms with E-state index in [4.69, 9.17) is 16.3 Å². The molecule has 23 heavy (non-hydrogen) atoms. The summed E-state index contributed by atoms with van der Waals surface area (Å²) in [6.45, 7) is 3.93. The molecule has 1 saturated carbocycles. The molecule has 1 aliphatic carbocycles. The third kappa shape index (κ3) is 4.67. The highest BCUT2D eigenvalue weighted by molar-refractivity contribution is 6.33. The number of carbonyl (C=O) groups excluding carboxylic acids is 2. The molecule has 3 atom stereocenters. The summed E-state index contributed by atoms with van der Waals surface area (Å²) in [6.07, 6.45) is 3.20. The Balaban J connectivity index is 1.85. The highest BCUT2D eigenvalue weighted by atomic mass is 35.5. The zero-order valence-corrected chi connectivity index (χ0v) is 14.0. The van der Waals surface area contributed by atoms with Crippen LogP contribution < -0.4 is 5.32 Å². The highest BCUT2D eigenvalue weighted by Crippen LogP contribution is 2.29.